The number of hydrogen-bond donors (Lipinski definition) is 1. The van der Waals surface area contributed by atoms with Gasteiger partial charge in [0.2, 0.25) is 0 Å². The molecule has 7 heteroatoms. The van der Waals surface area contributed by atoms with E-state index in [0.29, 0.717) is 5.11 Å². The zero-order valence-corrected chi connectivity index (χ0v) is 26.8. The van der Waals surface area contributed by atoms with Crippen LogP contribution in [0.25, 0.3) is 5.69 Å². The topological polar surface area (TPSA) is 45.6 Å². The molecule has 1 fully saturated rings. The summed E-state index contributed by atoms with van der Waals surface area (Å²) in [5, 5.41) is 4.28. The van der Waals surface area contributed by atoms with Gasteiger partial charge >= 0.3 is 0 Å². The molecule has 0 bridgehead atoms. The minimum absolute atomic E-state index is 0.101. The van der Waals surface area contributed by atoms with Crippen LogP contribution >= 0.6 is 12.2 Å². The summed E-state index contributed by atoms with van der Waals surface area (Å²) in [7, 11) is 0. The Balaban J connectivity index is 1.38. The molecular formula is C37H39N5OS. The maximum atomic E-state index is 6.20. The summed E-state index contributed by atoms with van der Waals surface area (Å²) in [6.07, 6.45) is 1.85. The minimum Gasteiger partial charge on any atom is -0.457 e. The van der Waals surface area contributed by atoms with Crippen molar-refractivity contribution in [3.63, 3.8) is 0 Å². The molecule has 0 aliphatic carbocycles. The Bertz CT molecular complexity index is 1740. The van der Waals surface area contributed by atoms with Crippen molar-refractivity contribution in [3.8, 4) is 17.2 Å². The first-order valence-electron chi connectivity index (χ1n) is 15.3. The van der Waals surface area contributed by atoms with Crippen LogP contribution in [-0.2, 0) is 0 Å². The minimum atomic E-state index is -0.120. The first-order chi connectivity index (χ1) is 21.4. The fourth-order valence-corrected chi connectivity index (χ4v) is 6.65. The first-order valence-corrected chi connectivity index (χ1v) is 15.7. The fourth-order valence-electron chi connectivity index (χ4n) is 6.31. The number of ether oxygens (including phenoxy) is 1. The Morgan fingerprint density at radius 2 is 1.52 bits per heavy atom. The summed E-state index contributed by atoms with van der Waals surface area (Å²) in [5.41, 5.74) is 8.99. The SMILES string of the molecule is CCN(CC)c1ccc(-n2c(C)cc([C@H]3[C@H](c4ccccn4)NC(=S)N3c3ccc(Oc4ccccc4C)cc3)c2C)cc1. The molecule has 224 valence electrons. The third-order valence-corrected chi connectivity index (χ3v) is 8.87. The molecule has 6 rings (SSSR count). The number of thiocarbonyl (C=S) groups is 1. The molecule has 2 atom stereocenters. The van der Waals surface area contributed by atoms with Crippen molar-refractivity contribution in [1.29, 1.82) is 0 Å². The van der Waals surface area contributed by atoms with E-state index in [0.717, 1.165) is 47.2 Å². The van der Waals surface area contributed by atoms with E-state index in [9.17, 15) is 0 Å². The number of anilines is 2. The third-order valence-electron chi connectivity index (χ3n) is 8.56. The lowest BCUT2D eigenvalue weighted by molar-refractivity contribution is 0.479. The molecule has 0 unspecified atom stereocenters. The molecule has 1 aliphatic rings. The number of rotatable bonds is 9. The Morgan fingerprint density at radius 1 is 0.841 bits per heavy atom. The van der Waals surface area contributed by atoms with Gasteiger partial charge in [-0.1, -0.05) is 24.3 Å². The predicted octanol–water partition coefficient (Wildman–Crippen LogP) is 8.61. The standard InChI is InChI=1S/C37H39N5OS/c1-6-40(7-2)28-15-17-29(18-16-28)41-26(4)24-32(27(41)5)36-35(33-13-10-11-23-38-33)39-37(44)42(36)30-19-21-31(22-20-30)43-34-14-9-8-12-25(34)3/h8-24,35-36H,6-7H2,1-5H3,(H,39,44)/t35-,36-/m0/s1. The number of para-hydroxylation sites is 1. The molecule has 0 radical (unpaired) electrons. The quantitative estimate of drug-likeness (QED) is 0.171. The van der Waals surface area contributed by atoms with Gasteiger partial charge in [-0.15, -0.1) is 0 Å². The van der Waals surface area contributed by atoms with Gasteiger partial charge in [0, 0.05) is 47.7 Å². The number of aryl methyl sites for hydroxylation is 2. The van der Waals surface area contributed by atoms with E-state index in [2.05, 4.69) is 109 Å². The molecule has 3 aromatic carbocycles. The van der Waals surface area contributed by atoms with E-state index in [4.69, 9.17) is 21.9 Å². The maximum Gasteiger partial charge on any atom is 0.174 e. The number of nitrogens with zero attached hydrogens (tertiary/aromatic N) is 4. The Kier molecular flexibility index (Phi) is 8.40. The van der Waals surface area contributed by atoms with Crippen LogP contribution in [0.15, 0.2) is 103 Å². The maximum absolute atomic E-state index is 6.20. The van der Waals surface area contributed by atoms with Gasteiger partial charge in [-0.05, 0) is 131 Å². The highest BCUT2D eigenvalue weighted by Crippen LogP contribution is 2.44. The molecule has 0 spiro atoms. The van der Waals surface area contributed by atoms with Gasteiger partial charge in [-0.25, -0.2) is 0 Å². The van der Waals surface area contributed by atoms with E-state index < -0.39 is 0 Å². The lowest BCUT2D eigenvalue weighted by Gasteiger charge is -2.28. The lowest BCUT2D eigenvalue weighted by atomic mass is 9.96. The van der Waals surface area contributed by atoms with Crippen molar-refractivity contribution in [2.45, 2.75) is 46.7 Å². The van der Waals surface area contributed by atoms with Crippen molar-refractivity contribution in [2.75, 3.05) is 22.9 Å². The normalized spacial score (nSPS) is 16.2. The van der Waals surface area contributed by atoms with Gasteiger partial charge in [0.1, 0.15) is 11.5 Å². The van der Waals surface area contributed by atoms with Crippen molar-refractivity contribution < 1.29 is 4.74 Å². The molecule has 6 nitrogen and oxygen atoms in total. The molecule has 3 heterocycles. The predicted molar refractivity (Wildman–Crippen MR) is 184 cm³/mol. The Hall–Kier alpha value is -4.62. The van der Waals surface area contributed by atoms with Crippen LogP contribution in [0.3, 0.4) is 0 Å². The zero-order chi connectivity index (χ0) is 30.8. The molecular weight excluding hydrogens is 563 g/mol. The second-order valence-corrected chi connectivity index (χ2v) is 11.6. The molecule has 0 amide bonds. The summed E-state index contributed by atoms with van der Waals surface area (Å²) >= 11 is 6.01. The van der Waals surface area contributed by atoms with E-state index in [1.54, 1.807) is 0 Å². The third kappa shape index (κ3) is 5.55. The van der Waals surface area contributed by atoms with Gasteiger partial charge in [0.25, 0.3) is 0 Å². The molecule has 1 N–H and O–H groups in total. The summed E-state index contributed by atoms with van der Waals surface area (Å²) in [6.45, 7) is 12.8. The highest BCUT2D eigenvalue weighted by molar-refractivity contribution is 7.80. The van der Waals surface area contributed by atoms with E-state index in [-0.39, 0.29) is 12.1 Å². The van der Waals surface area contributed by atoms with Crippen LogP contribution in [0, 0.1) is 20.8 Å². The van der Waals surface area contributed by atoms with E-state index in [1.807, 2.05) is 48.7 Å². The first kappa shape index (κ1) is 29.5. The van der Waals surface area contributed by atoms with Crippen LogP contribution in [0.1, 0.15) is 54.1 Å². The van der Waals surface area contributed by atoms with Crippen LogP contribution in [0.2, 0.25) is 0 Å². The van der Waals surface area contributed by atoms with Crippen LogP contribution in [0.4, 0.5) is 11.4 Å². The van der Waals surface area contributed by atoms with Crippen molar-refractivity contribution >= 4 is 28.7 Å². The Labute approximate surface area is 265 Å². The number of benzene rings is 3. The summed E-state index contributed by atoms with van der Waals surface area (Å²) < 4.78 is 8.54. The average Bonchev–Trinajstić information content (AvgIpc) is 3.54. The van der Waals surface area contributed by atoms with Crippen LogP contribution in [-0.4, -0.2) is 27.8 Å². The number of nitrogens with one attached hydrogen (secondary N) is 1. The molecule has 1 saturated heterocycles. The highest BCUT2D eigenvalue weighted by Gasteiger charge is 2.42. The summed E-state index contributed by atoms with van der Waals surface area (Å²) in [4.78, 5) is 9.33. The van der Waals surface area contributed by atoms with E-state index in [1.165, 1.54) is 22.6 Å². The number of pyridine rings is 1. The van der Waals surface area contributed by atoms with E-state index >= 15 is 0 Å². The monoisotopic (exact) mass is 601 g/mol. The van der Waals surface area contributed by atoms with Gasteiger partial charge in [-0.2, -0.15) is 0 Å². The molecule has 0 saturated carbocycles. The van der Waals surface area contributed by atoms with Crippen molar-refractivity contribution in [1.82, 2.24) is 14.9 Å². The largest absolute Gasteiger partial charge is 0.457 e. The van der Waals surface area contributed by atoms with Gasteiger partial charge < -0.3 is 24.4 Å². The van der Waals surface area contributed by atoms with Gasteiger partial charge in [0.05, 0.1) is 17.8 Å². The number of aromatic nitrogens is 2. The van der Waals surface area contributed by atoms with Crippen molar-refractivity contribution in [3.05, 3.63) is 131 Å². The second kappa shape index (κ2) is 12.5. The number of hydrogen-bond acceptors (Lipinski definition) is 4. The summed E-state index contributed by atoms with van der Waals surface area (Å²) in [6, 6.07) is 33.2. The fraction of sp³-hybridized carbons (Fsp3) is 0.243. The van der Waals surface area contributed by atoms with Crippen molar-refractivity contribution in [2.24, 2.45) is 0 Å². The van der Waals surface area contributed by atoms with Crippen LogP contribution in [0.5, 0.6) is 11.5 Å². The van der Waals surface area contributed by atoms with Gasteiger partial charge in [0.15, 0.2) is 5.11 Å². The second-order valence-electron chi connectivity index (χ2n) is 11.2. The Morgan fingerprint density at radius 3 is 2.18 bits per heavy atom. The lowest BCUT2D eigenvalue weighted by Crippen LogP contribution is -2.29. The molecule has 44 heavy (non-hydrogen) atoms. The highest BCUT2D eigenvalue weighted by atomic mass is 32.1. The summed E-state index contributed by atoms with van der Waals surface area (Å²) in [5.74, 6) is 1.63. The molecule has 5 aromatic rings. The average molecular weight is 602 g/mol. The van der Waals surface area contributed by atoms with Gasteiger partial charge in [-0.3, -0.25) is 4.98 Å². The molecule has 1 aliphatic heterocycles. The smallest absolute Gasteiger partial charge is 0.174 e. The van der Waals surface area contributed by atoms with Crippen LogP contribution < -0.4 is 19.9 Å². The zero-order valence-electron chi connectivity index (χ0n) is 26.0. The molecule has 2 aromatic heterocycles.